The highest BCUT2D eigenvalue weighted by molar-refractivity contribution is 6.33. The fourth-order valence-corrected chi connectivity index (χ4v) is 0.611. The third-order valence-corrected chi connectivity index (χ3v) is 1.25. The van der Waals surface area contributed by atoms with E-state index in [1.54, 1.807) is 12.1 Å². The van der Waals surface area contributed by atoms with Crippen molar-refractivity contribution in [1.29, 1.82) is 0 Å². The highest BCUT2D eigenvalue weighted by Crippen LogP contribution is 2.15. The Labute approximate surface area is 61.4 Å². The minimum Gasteiger partial charge on any atom is -0.398 e. The van der Waals surface area contributed by atoms with Gasteiger partial charge < -0.3 is 5.73 Å². The van der Waals surface area contributed by atoms with Crippen LogP contribution in [-0.4, -0.2) is 8.41 Å². The highest BCUT2D eigenvalue weighted by atomic mass is 35.5. The van der Waals surface area contributed by atoms with E-state index in [-0.39, 0.29) is 8.41 Å². The lowest BCUT2D eigenvalue weighted by molar-refractivity contribution is 1.68. The molecule has 1 nitrogen and oxygen atoms in total. The second-order valence-electron chi connectivity index (χ2n) is 1.52. The van der Waals surface area contributed by atoms with Crippen LogP contribution in [-0.2, 0) is 0 Å². The van der Waals surface area contributed by atoms with Crippen molar-refractivity contribution in [3.8, 4) is 0 Å². The average molecular weight is 138 g/mol. The Morgan fingerprint density at radius 3 is 2.11 bits per heavy atom. The first-order valence-electron chi connectivity index (χ1n) is 2.31. The maximum Gasteiger partial charge on any atom is 0.0635 e. The van der Waals surface area contributed by atoms with Gasteiger partial charge in [-0.2, -0.15) is 0 Å². The molecule has 45 valence electrons. The van der Waals surface area contributed by atoms with Crippen LogP contribution in [0.1, 0.15) is 0 Å². The van der Waals surface area contributed by atoms with Gasteiger partial charge in [-0.25, -0.2) is 0 Å². The standard InChI is InChI=1S/C6H6ClN.B/c7-5-3-1-2-4-6(5)8;/h1-4H,8H2;. The maximum atomic E-state index is 5.58. The fourth-order valence-electron chi connectivity index (χ4n) is 0.475. The van der Waals surface area contributed by atoms with Crippen molar-refractivity contribution in [2.45, 2.75) is 0 Å². The van der Waals surface area contributed by atoms with Crippen molar-refractivity contribution >= 4 is 25.7 Å². The van der Waals surface area contributed by atoms with E-state index in [9.17, 15) is 0 Å². The largest absolute Gasteiger partial charge is 0.398 e. The smallest absolute Gasteiger partial charge is 0.0635 e. The van der Waals surface area contributed by atoms with Crippen molar-refractivity contribution in [2.75, 3.05) is 5.73 Å². The van der Waals surface area contributed by atoms with Crippen LogP contribution in [0.15, 0.2) is 24.3 Å². The van der Waals surface area contributed by atoms with Gasteiger partial charge in [-0.3, -0.25) is 0 Å². The van der Waals surface area contributed by atoms with Gasteiger partial charge in [-0.05, 0) is 12.1 Å². The molecule has 0 fully saturated rings. The van der Waals surface area contributed by atoms with Crippen LogP contribution in [0.4, 0.5) is 5.69 Å². The number of rotatable bonds is 0. The molecule has 0 atom stereocenters. The molecule has 0 saturated heterocycles. The summed E-state index contributed by atoms with van der Waals surface area (Å²) in [6, 6.07) is 7.22. The van der Waals surface area contributed by atoms with Crippen molar-refractivity contribution in [1.82, 2.24) is 0 Å². The first-order valence-corrected chi connectivity index (χ1v) is 2.68. The van der Waals surface area contributed by atoms with Crippen LogP contribution in [0.2, 0.25) is 5.02 Å². The Balaban J connectivity index is 0.000000640. The summed E-state index contributed by atoms with van der Waals surface area (Å²) < 4.78 is 0. The van der Waals surface area contributed by atoms with Gasteiger partial charge in [0.15, 0.2) is 0 Å². The van der Waals surface area contributed by atoms with Gasteiger partial charge in [0, 0.05) is 8.41 Å². The predicted molar refractivity (Wildman–Crippen MR) is 41.6 cm³/mol. The Morgan fingerprint density at radius 2 is 1.78 bits per heavy atom. The van der Waals surface area contributed by atoms with Crippen molar-refractivity contribution < 1.29 is 0 Å². The van der Waals surface area contributed by atoms with Gasteiger partial charge >= 0.3 is 0 Å². The summed E-state index contributed by atoms with van der Waals surface area (Å²) in [5.74, 6) is 0. The second kappa shape index (κ2) is 3.41. The van der Waals surface area contributed by atoms with E-state index in [4.69, 9.17) is 17.3 Å². The molecule has 2 N–H and O–H groups in total. The van der Waals surface area contributed by atoms with Crippen LogP contribution in [0.25, 0.3) is 0 Å². The van der Waals surface area contributed by atoms with Crippen molar-refractivity contribution in [3.05, 3.63) is 29.3 Å². The summed E-state index contributed by atoms with van der Waals surface area (Å²) in [5.41, 5.74) is 6.02. The van der Waals surface area contributed by atoms with Crippen LogP contribution in [0.5, 0.6) is 0 Å². The van der Waals surface area contributed by atoms with Crippen LogP contribution in [0.3, 0.4) is 0 Å². The van der Waals surface area contributed by atoms with Gasteiger partial charge in [-0.15, -0.1) is 0 Å². The lowest BCUT2D eigenvalue weighted by Crippen LogP contribution is -1.82. The topological polar surface area (TPSA) is 26.0 Å². The number of hydrogen-bond acceptors (Lipinski definition) is 1. The molecular weight excluding hydrogens is 132 g/mol. The predicted octanol–water partition coefficient (Wildman–Crippen LogP) is 1.54. The third-order valence-electron chi connectivity index (χ3n) is 0.905. The third kappa shape index (κ3) is 1.98. The Morgan fingerprint density at radius 1 is 1.22 bits per heavy atom. The molecule has 0 unspecified atom stereocenters. The van der Waals surface area contributed by atoms with Crippen LogP contribution in [0, 0.1) is 0 Å². The van der Waals surface area contributed by atoms with Crippen molar-refractivity contribution in [2.24, 2.45) is 0 Å². The number of anilines is 1. The molecule has 0 saturated carbocycles. The number of nitrogen functional groups attached to an aromatic ring is 1. The van der Waals surface area contributed by atoms with E-state index in [1.165, 1.54) is 0 Å². The van der Waals surface area contributed by atoms with Gasteiger partial charge in [0.25, 0.3) is 0 Å². The Kier molecular flexibility index (Phi) is 3.17. The second-order valence-corrected chi connectivity index (χ2v) is 1.93. The molecule has 3 radical (unpaired) electrons. The molecule has 1 rings (SSSR count). The molecule has 0 spiro atoms. The number of hydrogen-bond donors (Lipinski definition) is 1. The zero-order valence-electron chi connectivity index (χ0n) is 4.84. The van der Waals surface area contributed by atoms with Gasteiger partial charge in [-0.1, -0.05) is 23.7 Å². The molecule has 0 heterocycles. The molecular formula is C6H6BClN. The first-order chi connectivity index (χ1) is 3.80. The Bertz CT molecular complexity index is 169. The maximum absolute atomic E-state index is 5.58. The van der Waals surface area contributed by atoms with Crippen molar-refractivity contribution in [3.63, 3.8) is 0 Å². The van der Waals surface area contributed by atoms with Gasteiger partial charge in [0.05, 0.1) is 10.7 Å². The number of nitrogens with two attached hydrogens (primary N) is 1. The first kappa shape index (κ1) is 8.37. The molecule has 0 aliphatic rings. The van der Waals surface area contributed by atoms with E-state index in [0.29, 0.717) is 10.7 Å². The quantitative estimate of drug-likeness (QED) is 0.427. The molecule has 0 bridgehead atoms. The summed E-state index contributed by atoms with van der Waals surface area (Å²) in [4.78, 5) is 0. The van der Waals surface area contributed by atoms with Crippen LogP contribution >= 0.6 is 11.6 Å². The number of para-hydroxylation sites is 1. The van der Waals surface area contributed by atoms with E-state index in [0.717, 1.165) is 0 Å². The number of benzene rings is 1. The van der Waals surface area contributed by atoms with Gasteiger partial charge in [0.2, 0.25) is 0 Å². The zero-order chi connectivity index (χ0) is 5.98. The zero-order valence-corrected chi connectivity index (χ0v) is 5.60. The average Bonchev–Trinajstić information content (AvgIpc) is 1.77. The minimum atomic E-state index is 0. The summed E-state index contributed by atoms with van der Waals surface area (Å²) in [6.45, 7) is 0. The van der Waals surface area contributed by atoms with E-state index in [1.807, 2.05) is 12.1 Å². The lowest BCUT2D eigenvalue weighted by Gasteiger charge is -1.91. The summed E-state index contributed by atoms with van der Waals surface area (Å²) in [5, 5.41) is 0.618. The summed E-state index contributed by atoms with van der Waals surface area (Å²) in [7, 11) is 0. The molecule has 1 aromatic carbocycles. The fraction of sp³-hybridized carbons (Fsp3) is 0. The molecule has 0 aliphatic heterocycles. The Hall–Kier alpha value is -0.625. The number of halogens is 1. The SMILES string of the molecule is Nc1ccccc1Cl.[B]. The van der Waals surface area contributed by atoms with Crippen LogP contribution < -0.4 is 5.73 Å². The summed E-state index contributed by atoms with van der Waals surface area (Å²) in [6.07, 6.45) is 0. The monoisotopic (exact) mass is 138 g/mol. The molecule has 3 heteroatoms. The van der Waals surface area contributed by atoms with E-state index < -0.39 is 0 Å². The molecule has 1 aromatic rings. The molecule has 9 heavy (non-hydrogen) atoms. The van der Waals surface area contributed by atoms with E-state index >= 15 is 0 Å². The molecule has 0 aliphatic carbocycles. The minimum absolute atomic E-state index is 0. The normalized spacial score (nSPS) is 8.11. The molecule has 0 aromatic heterocycles. The van der Waals surface area contributed by atoms with Gasteiger partial charge in [0.1, 0.15) is 0 Å². The lowest BCUT2D eigenvalue weighted by atomic mass is 10.3. The van der Waals surface area contributed by atoms with E-state index in [2.05, 4.69) is 0 Å². The molecule has 0 amide bonds. The highest BCUT2D eigenvalue weighted by Gasteiger charge is 1.87. The summed E-state index contributed by atoms with van der Waals surface area (Å²) >= 11 is 5.58.